The normalized spacial score (nSPS) is 30.1. The largest absolute Gasteiger partial charge is 0.368 e. The molecule has 1 amide bonds. The zero-order chi connectivity index (χ0) is 11.4. The van der Waals surface area contributed by atoms with Crippen LogP contribution in [0.15, 0.2) is 0 Å². The van der Waals surface area contributed by atoms with E-state index < -0.39 is 0 Å². The summed E-state index contributed by atoms with van der Waals surface area (Å²) < 4.78 is 0. The molecule has 1 aliphatic rings. The molecule has 1 saturated heterocycles. The number of likely N-dealkylation sites (tertiary alicyclic amines) is 1. The Balaban J connectivity index is 2.37. The number of nitrogens with two attached hydrogens (primary N) is 1. The standard InChI is InChI=1S/C11H23N3O/c1-4-14-6-5-10(7-8(14)2)13-9(3)11(12)15/h8-10,13H,4-7H2,1-3H3,(H2,12,15). The zero-order valence-corrected chi connectivity index (χ0v) is 9.99. The highest BCUT2D eigenvalue weighted by Crippen LogP contribution is 2.17. The molecule has 1 rings (SSSR count). The second-order valence-electron chi connectivity index (χ2n) is 4.49. The lowest BCUT2D eigenvalue weighted by Crippen LogP contribution is -2.51. The van der Waals surface area contributed by atoms with Crippen LogP contribution in [0.3, 0.4) is 0 Å². The molecule has 3 N–H and O–H groups in total. The van der Waals surface area contributed by atoms with Gasteiger partial charge in [0.05, 0.1) is 6.04 Å². The van der Waals surface area contributed by atoms with Crippen molar-refractivity contribution in [2.45, 2.75) is 51.7 Å². The highest BCUT2D eigenvalue weighted by atomic mass is 16.1. The average molecular weight is 213 g/mol. The molecule has 0 aromatic heterocycles. The molecule has 15 heavy (non-hydrogen) atoms. The molecule has 1 fully saturated rings. The third kappa shape index (κ3) is 3.47. The highest BCUT2D eigenvalue weighted by molar-refractivity contribution is 5.79. The lowest BCUT2D eigenvalue weighted by atomic mass is 9.97. The maximum Gasteiger partial charge on any atom is 0.234 e. The fourth-order valence-corrected chi connectivity index (χ4v) is 2.28. The Kier molecular flexibility index (Phi) is 4.54. The first-order chi connectivity index (χ1) is 7.04. The smallest absolute Gasteiger partial charge is 0.234 e. The van der Waals surface area contributed by atoms with Crippen molar-refractivity contribution < 1.29 is 4.79 Å². The van der Waals surface area contributed by atoms with E-state index >= 15 is 0 Å². The van der Waals surface area contributed by atoms with E-state index in [1.165, 1.54) is 0 Å². The minimum atomic E-state index is -0.263. The van der Waals surface area contributed by atoms with Crippen LogP contribution in [0.25, 0.3) is 0 Å². The summed E-state index contributed by atoms with van der Waals surface area (Å²) in [6.45, 7) is 8.49. The van der Waals surface area contributed by atoms with E-state index in [1.54, 1.807) is 0 Å². The van der Waals surface area contributed by atoms with E-state index in [-0.39, 0.29) is 11.9 Å². The Hall–Kier alpha value is -0.610. The van der Waals surface area contributed by atoms with E-state index in [0.717, 1.165) is 25.9 Å². The van der Waals surface area contributed by atoms with Gasteiger partial charge in [0.15, 0.2) is 0 Å². The summed E-state index contributed by atoms with van der Waals surface area (Å²) in [5.41, 5.74) is 5.23. The molecule has 3 unspecified atom stereocenters. The zero-order valence-electron chi connectivity index (χ0n) is 9.99. The summed E-state index contributed by atoms with van der Waals surface area (Å²) in [6, 6.07) is 0.821. The maximum absolute atomic E-state index is 10.9. The van der Waals surface area contributed by atoms with E-state index in [9.17, 15) is 4.79 Å². The number of carbonyl (C=O) groups excluding carboxylic acids is 1. The second-order valence-corrected chi connectivity index (χ2v) is 4.49. The molecule has 88 valence electrons. The molecule has 0 radical (unpaired) electrons. The van der Waals surface area contributed by atoms with Gasteiger partial charge in [0.25, 0.3) is 0 Å². The molecule has 4 heteroatoms. The minimum Gasteiger partial charge on any atom is -0.368 e. The summed E-state index contributed by atoms with van der Waals surface area (Å²) in [6.07, 6.45) is 2.21. The van der Waals surface area contributed by atoms with Crippen molar-refractivity contribution in [3.8, 4) is 0 Å². The van der Waals surface area contributed by atoms with Crippen LogP contribution in [0.4, 0.5) is 0 Å². The molecule has 4 nitrogen and oxygen atoms in total. The topological polar surface area (TPSA) is 58.4 Å². The fraction of sp³-hybridized carbons (Fsp3) is 0.909. The molecular weight excluding hydrogens is 190 g/mol. The third-order valence-electron chi connectivity index (χ3n) is 3.33. The van der Waals surface area contributed by atoms with Crippen LogP contribution in [0.2, 0.25) is 0 Å². The molecule has 0 aromatic rings. The number of nitrogens with one attached hydrogen (secondary N) is 1. The van der Waals surface area contributed by atoms with Crippen molar-refractivity contribution in [3.05, 3.63) is 0 Å². The van der Waals surface area contributed by atoms with Crippen molar-refractivity contribution in [1.29, 1.82) is 0 Å². The van der Waals surface area contributed by atoms with E-state index in [0.29, 0.717) is 12.1 Å². The van der Waals surface area contributed by atoms with Crippen molar-refractivity contribution in [1.82, 2.24) is 10.2 Å². The van der Waals surface area contributed by atoms with Gasteiger partial charge in [-0.25, -0.2) is 0 Å². The van der Waals surface area contributed by atoms with Gasteiger partial charge in [-0.15, -0.1) is 0 Å². The third-order valence-corrected chi connectivity index (χ3v) is 3.33. The van der Waals surface area contributed by atoms with Gasteiger partial charge in [-0.2, -0.15) is 0 Å². The molecule has 0 bridgehead atoms. The van der Waals surface area contributed by atoms with Gasteiger partial charge < -0.3 is 16.0 Å². The van der Waals surface area contributed by atoms with Crippen molar-refractivity contribution in [2.24, 2.45) is 5.73 Å². The number of primary amides is 1. The molecule has 3 atom stereocenters. The monoisotopic (exact) mass is 213 g/mol. The molecule has 0 saturated carbocycles. The van der Waals surface area contributed by atoms with Crippen LogP contribution in [0, 0.1) is 0 Å². The summed E-state index contributed by atoms with van der Waals surface area (Å²) in [7, 11) is 0. The fourth-order valence-electron chi connectivity index (χ4n) is 2.28. The number of hydrogen-bond donors (Lipinski definition) is 2. The predicted molar refractivity (Wildman–Crippen MR) is 61.5 cm³/mol. The Morgan fingerprint density at radius 3 is 2.80 bits per heavy atom. The van der Waals surface area contributed by atoms with Gasteiger partial charge in [-0.3, -0.25) is 4.79 Å². The van der Waals surface area contributed by atoms with E-state index in [4.69, 9.17) is 5.73 Å². The summed E-state index contributed by atoms with van der Waals surface area (Å²) >= 11 is 0. The van der Waals surface area contributed by atoms with Crippen molar-refractivity contribution >= 4 is 5.91 Å². The predicted octanol–water partition coefficient (Wildman–Crippen LogP) is 0.323. The quantitative estimate of drug-likeness (QED) is 0.707. The number of carbonyl (C=O) groups is 1. The summed E-state index contributed by atoms with van der Waals surface area (Å²) in [4.78, 5) is 13.4. The molecule has 0 aliphatic carbocycles. The van der Waals surface area contributed by atoms with Gasteiger partial charge in [-0.05, 0) is 39.8 Å². The maximum atomic E-state index is 10.9. The van der Waals surface area contributed by atoms with E-state index in [1.807, 2.05) is 6.92 Å². The van der Waals surface area contributed by atoms with Gasteiger partial charge in [0.1, 0.15) is 0 Å². The van der Waals surface area contributed by atoms with Gasteiger partial charge in [-0.1, -0.05) is 6.92 Å². The Morgan fingerprint density at radius 1 is 1.67 bits per heavy atom. The van der Waals surface area contributed by atoms with E-state index in [2.05, 4.69) is 24.1 Å². The second kappa shape index (κ2) is 5.47. The summed E-state index contributed by atoms with van der Waals surface area (Å²) in [5.74, 6) is -0.263. The molecule has 0 aromatic carbocycles. The summed E-state index contributed by atoms with van der Waals surface area (Å²) in [5, 5.41) is 3.29. The van der Waals surface area contributed by atoms with Crippen LogP contribution in [0.5, 0.6) is 0 Å². The Labute approximate surface area is 92.2 Å². The van der Waals surface area contributed by atoms with Crippen LogP contribution in [-0.2, 0) is 4.79 Å². The SMILES string of the molecule is CCN1CCC(NC(C)C(N)=O)CC1C. The molecule has 0 spiro atoms. The van der Waals surface area contributed by atoms with Crippen molar-refractivity contribution in [2.75, 3.05) is 13.1 Å². The Bertz CT molecular complexity index is 220. The molecule has 1 heterocycles. The van der Waals surface area contributed by atoms with Gasteiger partial charge >= 0.3 is 0 Å². The lowest BCUT2D eigenvalue weighted by Gasteiger charge is -2.38. The van der Waals surface area contributed by atoms with Crippen molar-refractivity contribution in [3.63, 3.8) is 0 Å². The average Bonchev–Trinajstić information content (AvgIpc) is 2.18. The molecular formula is C11H23N3O. The first-order valence-corrected chi connectivity index (χ1v) is 5.84. The number of hydrogen-bond acceptors (Lipinski definition) is 3. The van der Waals surface area contributed by atoms with Crippen LogP contribution < -0.4 is 11.1 Å². The van der Waals surface area contributed by atoms with Gasteiger partial charge in [0, 0.05) is 12.1 Å². The first-order valence-electron chi connectivity index (χ1n) is 5.84. The lowest BCUT2D eigenvalue weighted by molar-refractivity contribution is -0.119. The number of rotatable bonds is 4. The Morgan fingerprint density at radius 2 is 2.33 bits per heavy atom. The van der Waals surface area contributed by atoms with Crippen LogP contribution >= 0.6 is 0 Å². The number of piperidine rings is 1. The van der Waals surface area contributed by atoms with Crippen LogP contribution in [0.1, 0.15) is 33.6 Å². The first kappa shape index (κ1) is 12.5. The van der Waals surface area contributed by atoms with Crippen LogP contribution in [-0.4, -0.2) is 42.0 Å². The molecule has 1 aliphatic heterocycles. The number of nitrogens with zero attached hydrogens (tertiary/aromatic N) is 1. The number of amides is 1. The van der Waals surface area contributed by atoms with Gasteiger partial charge in [0.2, 0.25) is 5.91 Å². The minimum absolute atomic E-state index is 0.213. The highest BCUT2D eigenvalue weighted by Gasteiger charge is 2.25.